The summed E-state index contributed by atoms with van der Waals surface area (Å²) in [4.78, 5) is 9.09. The van der Waals surface area contributed by atoms with Crippen molar-refractivity contribution in [3.05, 3.63) is 30.1 Å². The molecule has 0 bridgehead atoms. The summed E-state index contributed by atoms with van der Waals surface area (Å²) >= 11 is 0. The number of aliphatic imine (C=N–C) groups is 1. The molecule has 3 rings (SSSR count). The van der Waals surface area contributed by atoms with Crippen molar-refractivity contribution in [2.24, 2.45) is 4.99 Å². The first-order valence-electron chi connectivity index (χ1n) is 10.4. The summed E-state index contributed by atoms with van der Waals surface area (Å²) in [6.07, 6.45) is 1.57. The first kappa shape index (κ1) is 21.8. The SMILES string of the molecule is CCNC(=NCCCN1CCN(c2ccccc2F)CC1)NC1CCS(=O)(=O)C1. The van der Waals surface area contributed by atoms with Gasteiger partial charge in [0, 0.05) is 51.9 Å². The zero-order valence-corrected chi connectivity index (χ0v) is 17.9. The van der Waals surface area contributed by atoms with Crippen molar-refractivity contribution in [3.8, 4) is 0 Å². The zero-order chi connectivity index (χ0) is 20.7. The molecule has 0 aliphatic carbocycles. The molecule has 0 spiro atoms. The van der Waals surface area contributed by atoms with Crippen LogP contribution < -0.4 is 15.5 Å². The molecular formula is C20H32FN5O2S. The van der Waals surface area contributed by atoms with Crippen LogP contribution in [0.1, 0.15) is 19.8 Å². The molecule has 9 heteroatoms. The van der Waals surface area contributed by atoms with E-state index in [4.69, 9.17) is 0 Å². The van der Waals surface area contributed by atoms with Crippen molar-refractivity contribution in [1.82, 2.24) is 15.5 Å². The van der Waals surface area contributed by atoms with Gasteiger partial charge in [-0.15, -0.1) is 0 Å². The monoisotopic (exact) mass is 425 g/mol. The lowest BCUT2D eigenvalue weighted by atomic mass is 10.2. The normalized spacial score (nSPS) is 22.6. The topological polar surface area (TPSA) is 77.0 Å². The molecule has 1 aromatic rings. The number of sulfone groups is 1. The predicted octanol–water partition coefficient (Wildman–Crippen LogP) is 1.08. The summed E-state index contributed by atoms with van der Waals surface area (Å²) in [6, 6.07) is 6.89. The minimum absolute atomic E-state index is 0.0516. The van der Waals surface area contributed by atoms with Crippen LogP contribution in [-0.4, -0.2) is 82.6 Å². The van der Waals surface area contributed by atoms with Crippen molar-refractivity contribution in [2.45, 2.75) is 25.8 Å². The van der Waals surface area contributed by atoms with E-state index in [0.717, 1.165) is 45.7 Å². The van der Waals surface area contributed by atoms with Crippen LogP contribution in [-0.2, 0) is 9.84 Å². The number of benzene rings is 1. The van der Waals surface area contributed by atoms with Gasteiger partial charge in [0.2, 0.25) is 0 Å². The number of halogens is 1. The maximum absolute atomic E-state index is 13.9. The molecule has 29 heavy (non-hydrogen) atoms. The number of guanidine groups is 1. The van der Waals surface area contributed by atoms with Crippen molar-refractivity contribution in [1.29, 1.82) is 0 Å². The van der Waals surface area contributed by atoms with Crippen LogP contribution in [0.4, 0.5) is 10.1 Å². The lowest BCUT2D eigenvalue weighted by Gasteiger charge is -2.36. The third kappa shape index (κ3) is 6.57. The molecule has 2 N–H and O–H groups in total. The summed E-state index contributed by atoms with van der Waals surface area (Å²) in [5, 5.41) is 6.44. The van der Waals surface area contributed by atoms with Gasteiger partial charge < -0.3 is 15.5 Å². The largest absolute Gasteiger partial charge is 0.367 e. The van der Waals surface area contributed by atoms with Gasteiger partial charge in [0.15, 0.2) is 15.8 Å². The number of nitrogens with zero attached hydrogens (tertiary/aromatic N) is 3. The van der Waals surface area contributed by atoms with Crippen LogP contribution in [0.25, 0.3) is 0 Å². The minimum atomic E-state index is -2.90. The van der Waals surface area contributed by atoms with Gasteiger partial charge in [-0.1, -0.05) is 12.1 Å². The van der Waals surface area contributed by atoms with E-state index in [0.29, 0.717) is 24.6 Å². The predicted molar refractivity (Wildman–Crippen MR) is 116 cm³/mol. The van der Waals surface area contributed by atoms with Gasteiger partial charge in [-0.25, -0.2) is 12.8 Å². The molecule has 162 valence electrons. The summed E-state index contributed by atoms with van der Waals surface area (Å²) in [5.74, 6) is 0.972. The Kier molecular flexibility index (Phi) is 7.71. The summed E-state index contributed by atoms with van der Waals surface area (Å²) in [7, 11) is -2.90. The quantitative estimate of drug-likeness (QED) is 0.387. The summed E-state index contributed by atoms with van der Waals surface area (Å²) < 4.78 is 37.2. The molecular weight excluding hydrogens is 393 g/mol. The van der Waals surface area contributed by atoms with Gasteiger partial charge in [0.05, 0.1) is 17.2 Å². The first-order chi connectivity index (χ1) is 14.0. The Morgan fingerprint density at radius 1 is 1.24 bits per heavy atom. The smallest absolute Gasteiger partial charge is 0.191 e. The van der Waals surface area contributed by atoms with E-state index in [9.17, 15) is 12.8 Å². The highest BCUT2D eigenvalue weighted by Gasteiger charge is 2.28. The molecule has 1 aromatic carbocycles. The number of piperazine rings is 1. The van der Waals surface area contributed by atoms with E-state index in [1.807, 2.05) is 19.1 Å². The number of nitrogens with one attached hydrogen (secondary N) is 2. The Hall–Kier alpha value is -1.87. The Bertz CT molecular complexity index is 794. The van der Waals surface area contributed by atoms with Gasteiger partial charge >= 0.3 is 0 Å². The van der Waals surface area contributed by atoms with Crippen LogP contribution in [0.5, 0.6) is 0 Å². The molecule has 1 unspecified atom stereocenters. The molecule has 2 heterocycles. The summed E-state index contributed by atoms with van der Waals surface area (Å²) in [5.41, 5.74) is 0.687. The maximum Gasteiger partial charge on any atom is 0.191 e. The van der Waals surface area contributed by atoms with Crippen molar-refractivity contribution < 1.29 is 12.8 Å². The average Bonchev–Trinajstić information content (AvgIpc) is 3.04. The van der Waals surface area contributed by atoms with E-state index in [1.165, 1.54) is 6.07 Å². The van der Waals surface area contributed by atoms with E-state index in [1.54, 1.807) is 6.07 Å². The zero-order valence-electron chi connectivity index (χ0n) is 17.1. The molecule has 0 saturated carbocycles. The Morgan fingerprint density at radius 3 is 2.66 bits per heavy atom. The summed E-state index contributed by atoms with van der Waals surface area (Å²) in [6.45, 7) is 7.84. The molecule has 7 nitrogen and oxygen atoms in total. The second kappa shape index (κ2) is 10.2. The van der Waals surface area contributed by atoms with Crippen LogP contribution in [0, 0.1) is 5.82 Å². The van der Waals surface area contributed by atoms with Crippen LogP contribution >= 0.6 is 0 Å². The molecule has 0 radical (unpaired) electrons. The van der Waals surface area contributed by atoms with E-state index < -0.39 is 9.84 Å². The van der Waals surface area contributed by atoms with E-state index in [2.05, 4.69) is 25.4 Å². The molecule has 0 amide bonds. The van der Waals surface area contributed by atoms with Crippen LogP contribution in [0.3, 0.4) is 0 Å². The van der Waals surface area contributed by atoms with Gasteiger partial charge in [0.1, 0.15) is 5.82 Å². The minimum Gasteiger partial charge on any atom is -0.367 e. The highest BCUT2D eigenvalue weighted by atomic mass is 32.2. The number of anilines is 1. The third-order valence-corrected chi connectivity index (χ3v) is 7.15. The fraction of sp³-hybridized carbons (Fsp3) is 0.650. The van der Waals surface area contributed by atoms with Crippen molar-refractivity contribution in [3.63, 3.8) is 0 Å². The highest BCUT2D eigenvalue weighted by Crippen LogP contribution is 2.20. The first-order valence-corrected chi connectivity index (χ1v) is 12.3. The van der Waals surface area contributed by atoms with Gasteiger partial charge in [0.25, 0.3) is 0 Å². The van der Waals surface area contributed by atoms with Gasteiger partial charge in [-0.3, -0.25) is 9.89 Å². The highest BCUT2D eigenvalue weighted by molar-refractivity contribution is 7.91. The Balaban J connectivity index is 1.39. The standard InChI is InChI=1S/C20H32FN5O2S/c1-2-22-20(24-17-8-15-29(27,28)16-17)23-9-5-10-25-11-13-26(14-12-25)19-7-4-3-6-18(19)21/h3-4,6-7,17H,2,5,8-16H2,1H3,(H2,22,23,24). The molecule has 1 atom stereocenters. The molecule has 2 aliphatic rings. The van der Waals surface area contributed by atoms with Crippen LogP contribution in [0.15, 0.2) is 29.3 Å². The van der Waals surface area contributed by atoms with E-state index >= 15 is 0 Å². The lowest BCUT2D eigenvalue weighted by Crippen LogP contribution is -2.47. The van der Waals surface area contributed by atoms with Gasteiger partial charge in [-0.05, 0) is 31.9 Å². The second-order valence-corrected chi connectivity index (χ2v) is 9.87. The average molecular weight is 426 g/mol. The third-order valence-electron chi connectivity index (χ3n) is 5.39. The van der Waals surface area contributed by atoms with Crippen molar-refractivity contribution >= 4 is 21.5 Å². The maximum atomic E-state index is 13.9. The second-order valence-electron chi connectivity index (χ2n) is 7.64. The van der Waals surface area contributed by atoms with Crippen molar-refractivity contribution in [2.75, 3.05) is 62.2 Å². The number of hydrogen-bond donors (Lipinski definition) is 2. The molecule has 2 saturated heterocycles. The molecule has 2 fully saturated rings. The number of rotatable bonds is 7. The molecule has 0 aromatic heterocycles. The number of hydrogen-bond acceptors (Lipinski definition) is 5. The molecule has 2 aliphatic heterocycles. The van der Waals surface area contributed by atoms with Gasteiger partial charge in [-0.2, -0.15) is 0 Å². The fourth-order valence-electron chi connectivity index (χ4n) is 3.83. The Labute approximate surface area is 173 Å². The van der Waals surface area contributed by atoms with E-state index in [-0.39, 0.29) is 23.4 Å². The van der Waals surface area contributed by atoms with Crippen LogP contribution in [0.2, 0.25) is 0 Å². The lowest BCUT2D eigenvalue weighted by molar-refractivity contribution is 0.256. The Morgan fingerprint density at radius 2 is 2.00 bits per heavy atom. The number of para-hydroxylation sites is 1. The fourth-order valence-corrected chi connectivity index (χ4v) is 5.50.